The molecule has 2 rings (SSSR count). The van der Waals surface area contributed by atoms with Crippen LogP contribution in [0.2, 0.25) is 8.67 Å². The Morgan fingerprint density at radius 2 is 2.00 bits per heavy atom. The van der Waals surface area contributed by atoms with Crippen LogP contribution in [0, 0.1) is 0 Å². The van der Waals surface area contributed by atoms with Crippen LogP contribution in [0.5, 0.6) is 0 Å². The van der Waals surface area contributed by atoms with Gasteiger partial charge in [-0.1, -0.05) is 53.5 Å². The smallest absolute Gasteiger partial charge is 0.254 e. The Morgan fingerprint density at radius 3 is 2.55 bits per heavy atom. The van der Waals surface area contributed by atoms with Crippen molar-refractivity contribution in [1.29, 1.82) is 0 Å². The zero-order valence-electron chi connectivity index (χ0n) is 10.5. The number of halogens is 2. The molecule has 0 aliphatic heterocycles. The minimum atomic E-state index is -0.361. The summed E-state index contributed by atoms with van der Waals surface area (Å²) < 4.78 is 0.813. The summed E-state index contributed by atoms with van der Waals surface area (Å²) in [6, 6.07) is 10.8. The molecule has 1 aromatic heterocycles. The Labute approximate surface area is 131 Å². The van der Waals surface area contributed by atoms with Crippen LogP contribution in [-0.4, -0.2) is 23.7 Å². The molecule has 1 unspecified atom stereocenters. The first-order valence-electron chi connectivity index (χ1n) is 6.00. The lowest BCUT2D eigenvalue weighted by Crippen LogP contribution is -2.39. The molecule has 0 aliphatic carbocycles. The van der Waals surface area contributed by atoms with Gasteiger partial charge in [-0.25, -0.2) is 0 Å². The molecule has 1 amide bonds. The molecule has 1 heterocycles. The summed E-state index contributed by atoms with van der Waals surface area (Å²) in [5.74, 6) is -0.326. The Morgan fingerprint density at radius 1 is 1.30 bits per heavy atom. The van der Waals surface area contributed by atoms with Crippen molar-refractivity contribution in [2.24, 2.45) is 0 Å². The Bertz CT molecular complexity index is 586. The SMILES string of the molecule is O=C(NC(CO)Cc1ccccc1)c1cc(Cl)sc1Cl. The average molecular weight is 330 g/mol. The molecule has 20 heavy (non-hydrogen) atoms. The number of rotatable bonds is 5. The van der Waals surface area contributed by atoms with Crippen LogP contribution in [0.3, 0.4) is 0 Å². The Balaban J connectivity index is 2.03. The molecule has 0 bridgehead atoms. The number of carbonyl (C=O) groups excluding carboxylic acids is 1. The van der Waals surface area contributed by atoms with E-state index in [1.807, 2.05) is 30.3 Å². The summed E-state index contributed by atoms with van der Waals surface area (Å²) in [6.45, 7) is -0.143. The number of aliphatic hydroxyl groups is 1. The number of aliphatic hydroxyl groups excluding tert-OH is 1. The summed E-state index contributed by atoms with van der Waals surface area (Å²) in [5.41, 5.74) is 1.38. The maximum Gasteiger partial charge on any atom is 0.254 e. The van der Waals surface area contributed by atoms with Crippen LogP contribution in [0.25, 0.3) is 0 Å². The minimum absolute atomic E-state index is 0.143. The van der Waals surface area contributed by atoms with Gasteiger partial charge in [0.15, 0.2) is 0 Å². The molecule has 106 valence electrons. The zero-order chi connectivity index (χ0) is 14.5. The van der Waals surface area contributed by atoms with Gasteiger partial charge >= 0.3 is 0 Å². The van der Waals surface area contributed by atoms with E-state index in [1.165, 1.54) is 6.07 Å². The number of nitrogens with one attached hydrogen (secondary N) is 1. The number of amides is 1. The lowest BCUT2D eigenvalue weighted by atomic mass is 10.1. The quantitative estimate of drug-likeness (QED) is 0.883. The molecule has 0 saturated carbocycles. The van der Waals surface area contributed by atoms with Crippen LogP contribution in [0.1, 0.15) is 15.9 Å². The molecule has 1 aromatic carbocycles. The second-order valence-corrected chi connectivity index (χ2v) is 6.57. The molecule has 0 spiro atoms. The largest absolute Gasteiger partial charge is 0.394 e. The lowest BCUT2D eigenvalue weighted by molar-refractivity contribution is 0.0917. The van der Waals surface area contributed by atoms with Crippen molar-refractivity contribution in [2.45, 2.75) is 12.5 Å². The van der Waals surface area contributed by atoms with Crippen molar-refractivity contribution in [1.82, 2.24) is 5.32 Å². The number of thiophene rings is 1. The van der Waals surface area contributed by atoms with E-state index in [-0.39, 0.29) is 18.6 Å². The lowest BCUT2D eigenvalue weighted by Gasteiger charge is -2.16. The van der Waals surface area contributed by atoms with E-state index in [4.69, 9.17) is 23.2 Å². The van der Waals surface area contributed by atoms with Crippen LogP contribution in [-0.2, 0) is 6.42 Å². The highest BCUT2D eigenvalue weighted by Crippen LogP contribution is 2.31. The summed E-state index contributed by atoms with van der Waals surface area (Å²) in [5, 5.41) is 12.1. The van der Waals surface area contributed by atoms with Gasteiger partial charge in [0, 0.05) is 0 Å². The maximum absolute atomic E-state index is 12.1. The normalized spacial score (nSPS) is 12.2. The fourth-order valence-corrected chi connectivity index (χ4v) is 3.28. The van der Waals surface area contributed by atoms with Crippen molar-refractivity contribution < 1.29 is 9.90 Å². The van der Waals surface area contributed by atoms with Crippen LogP contribution in [0.4, 0.5) is 0 Å². The third kappa shape index (κ3) is 3.96. The van der Waals surface area contributed by atoms with E-state index < -0.39 is 0 Å². The summed E-state index contributed by atoms with van der Waals surface area (Å²) in [6.07, 6.45) is 0.554. The highest BCUT2D eigenvalue weighted by atomic mass is 35.5. The van der Waals surface area contributed by atoms with E-state index in [2.05, 4.69) is 5.32 Å². The first-order valence-corrected chi connectivity index (χ1v) is 7.58. The fraction of sp³-hybridized carbons (Fsp3) is 0.214. The van der Waals surface area contributed by atoms with Gasteiger partial charge in [-0.15, -0.1) is 11.3 Å². The highest BCUT2D eigenvalue weighted by Gasteiger charge is 2.18. The van der Waals surface area contributed by atoms with Crippen molar-refractivity contribution in [3.05, 3.63) is 56.2 Å². The highest BCUT2D eigenvalue weighted by molar-refractivity contribution is 7.20. The van der Waals surface area contributed by atoms with Gasteiger partial charge in [-0.3, -0.25) is 4.79 Å². The van der Waals surface area contributed by atoms with Gasteiger partial charge in [-0.2, -0.15) is 0 Å². The van der Waals surface area contributed by atoms with E-state index in [0.717, 1.165) is 16.9 Å². The second kappa shape index (κ2) is 7.09. The minimum Gasteiger partial charge on any atom is -0.394 e. The van der Waals surface area contributed by atoms with Crippen molar-refractivity contribution in [3.63, 3.8) is 0 Å². The molecule has 6 heteroatoms. The van der Waals surface area contributed by atoms with Crippen molar-refractivity contribution in [2.75, 3.05) is 6.61 Å². The zero-order valence-corrected chi connectivity index (χ0v) is 12.8. The molecule has 2 N–H and O–H groups in total. The number of hydrogen-bond donors (Lipinski definition) is 2. The predicted molar refractivity (Wildman–Crippen MR) is 82.8 cm³/mol. The topological polar surface area (TPSA) is 49.3 Å². The number of carbonyl (C=O) groups is 1. The van der Waals surface area contributed by atoms with E-state index in [1.54, 1.807) is 0 Å². The third-order valence-electron chi connectivity index (χ3n) is 2.78. The molecule has 0 aliphatic rings. The van der Waals surface area contributed by atoms with E-state index in [0.29, 0.717) is 20.7 Å². The van der Waals surface area contributed by atoms with Crippen LogP contribution in [0.15, 0.2) is 36.4 Å². The first-order chi connectivity index (χ1) is 9.60. The van der Waals surface area contributed by atoms with E-state index >= 15 is 0 Å². The second-order valence-electron chi connectivity index (χ2n) is 4.28. The van der Waals surface area contributed by atoms with Crippen molar-refractivity contribution in [3.8, 4) is 0 Å². The van der Waals surface area contributed by atoms with E-state index in [9.17, 15) is 9.90 Å². The van der Waals surface area contributed by atoms with Gasteiger partial charge in [0.2, 0.25) is 0 Å². The molecule has 1 atom stereocenters. The van der Waals surface area contributed by atoms with Gasteiger partial charge in [-0.05, 0) is 18.1 Å². The molecule has 0 fully saturated rings. The van der Waals surface area contributed by atoms with Gasteiger partial charge in [0.25, 0.3) is 5.91 Å². The first kappa shape index (κ1) is 15.3. The summed E-state index contributed by atoms with van der Waals surface area (Å²) >= 11 is 12.9. The molecule has 0 radical (unpaired) electrons. The fourth-order valence-electron chi connectivity index (χ4n) is 1.82. The molecular formula is C14H13Cl2NO2S. The third-order valence-corrected chi connectivity index (χ3v) is 4.27. The van der Waals surface area contributed by atoms with Gasteiger partial charge < -0.3 is 10.4 Å². The molecule has 2 aromatic rings. The standard InChI is InChI=1S/C14H13Cl2NO2S/c15-12-7-11(13(16)20-12)14(19)17-10(8-18)6-9-4-2-1-3-5-9/h1-5,7,10,18H,6,8H2,(H,17,19). The molecular weight excluding hydrogens is 317 g/mol. The monoisotopic (exact) mass is 329 g/mol. The van der Waals surface area contributed by atoms with Crippen molar-refractivity contribution >= 4 is 40.4 Å². The van der Waals surface area contributed by atoms with Gasteiger partial charge in [0.05, 0.1) is 22.5 Å². The van der Waals surface area contributed by atoms with Gasteiger partial charge in [0.1, 0.15) is 4.34 Å². The summed E-state index contributed by atoms with van der Waals surface area (Å²) in [4.78, 5) is 12.1. The summed E-state index contributed by atoms with van der Waals surface area (Å²) in [7, 11) is 0. The van der Waals surface area contributed by atoms with Crippen LogP contribution >= 0.6 is 34.5 Å². The molecule has 3 nitrogen and oxygen atoms in total. The molecule has 0 saturated heterocycles. The maximum atomic E-state index is 12.1. The number of hydrogen-bond acceptors (Lipinski definition) is 3. The average Bonchev–Trinajstić information content (AvgIpc) is 2.78. The Kier molecular flexibility index (Phi) is 5.43. The Hall–Kier alpha value is -1.07. The number of benzene rings is 1. The predicted octanol–water partition coefficient (Wildman–Crippen LogP) is 3.39. The van der Waals surface area contributed by atoms with Crippen LogP contribution < -0.4 is 5.32 Å².